The van der Waals surface area contributed by atoms with Crippen LogP contribution in [0.5, 0.6) is 0 Å². The second-order valence-corrected chi connectivity index (χ2v) is 8.27. The molecule has 25 heavy (non-hydrogen) atoms. The quantitative estimate of drug-likeness (QED) is 0.696. The Balaban J connectivity index is 1.87. The van der Waals surface area contributed by atoms with Gasteiger partial charge in [-0.1, -0.05) is 30.3 Å². The normalized spacial score (nSPS) is 25.2. The second kappa shape index (κ2) is 7.20. The van der Waals surface area contributed by atoms with E-state index in [1.54, 1.807) is 6.92 Å². The molecule has 1 saturated heterocycles. The highest BCUT2D eigenvalue weighted by Gasteiger charge is 2.41. The van der Waals surface area contributed by atoms with Crippen LogP contribution in [0.3, 0.4) is 0 Å². The molecule has 1 aliphatic heterocycles. The molecule has 2 heterocycles. The average molecular weight is 365 g/mol. The van der Waals surface area contributed by atoms with Crippen molar-refractivity contribution in [3.63, 3.8) is 0 Å². The van der Waals surface area contributed by atoms with Crippen molar-refractivity contribution in [3.8, 4) is 0 Å². The topological polar surface area (TPSA) is 109 Å². The molecule has 136 valence electrons. The van der Waals surface area contributed by atoms with E-state index in [-0.39, 0.29) is 18.0 Å². The van der Waals surface area contributed by atoms with Crippen molar-refractivity contribution >= 4 is 10.0 Å². The fraction of sp³-hybridized carbons (Fsp3) is 0.500. The van der Waals surface area contributed by atoms with Gasteiger partial charge >= 0.3 is 0 Å². The first kappa shape index (κ1) is 18.0. The first-order valence-electron chi connectivity index (χ1n) is 8.23. The largest absolute Gasteiger partial charge is 0.424 e. The van der Waals surface area contributed by atoms with E-state index in [9.17, 15) is 8.42 Å². The molecule has 0 spiro atoms. The summed E-state index contributed by atoms with van der Waals surface area (Å²) in [6.07, 6.45) is 0.429. The first-order valence-corrected chi connectivity index (χ1v) is 9.77. The monoisotopic (exact) mass is 365 g/mol. The summed E-state index contributed by atoms with van der Waals surface area (Å²) in [7, 11) is -3.62. The minimum atomic E-state index is -3.62. The van der Waals surface area contributed by atoms with Crippen molar-refractivity contribution in [3.05, 3.63) is 47.7 Å². The van der Waals surface area contributed by atoms with Crippen molar-refractivity contribution in [2.75, 3.05) is 0 Å². The van der Waals surface area contributed by atoms with Gasteiger partial charge < -0.3 is 4.42 Å². The molecular formula is C16H23N5O3S. The third-order valence-corrected chi connectivity index (χ3v) is 6.46. The third-order valence-electron chi connectivity index (χ3n) is 4.31. The number of hydrogen-bond acceptors (Lipinski definition) is 7. The van der Waals surface area contributed by atoms with E-state index in [1.807, 2.05) is 44.2 Å². The molecule has 3 N–H and O–H groups in total. The van der Waals surface area contributed by atoms with Gasteiger partial charge in [0.25, 0.3) is 0 Å². The Morgan fingerprint density at radius 3 is 2.36 bits per heavy atom. The zero-order valence-corrected chi connectivity index (χ0v) is 15.2. The van der Waals surface area contributed by atoms with Gasteiger partial charge in [-0.25, -0.2) is 13.1 Å². The summed E-state index contributed by atoms with van der Waals surface area (Å²) < 4.78 is 34.2. The summed E-state index contributed by atoms with van der Waals surface area (Å²) in [5, 5.41) is 7.24. The molecular weight excluding hydrogens is 342 g/mol. The molecule has 1 aromatic heterocycles. The van der Waals surface area contributed by atoms with Crippen LogP contribution in [0.15, 0.2) is 34.7 Å². The SMILES string of the molecule is Cc1nnc(C(Cc2ccccc2)NS(=O)(=O)C2C(C)NNC2C)o1. The third kappa shape index (κ3) is 4.06. The molecule has 9 heteroatoms. The van der Waals surface area contributed by atoms with Crippen LogP contribution in [-0.2, 0) is 16.4 Å². The molecule has 1 aliphatic rings. The van der Waals surface area contributed by atoms with Gasteiger partial charge in [-0.2, -0.15) is 0 Å². The molecule has 0 radical (unpaired) electrons. The number of benzene rings is 1. The minimum absolute atomic E-state index is 0.214. The zero-order valence-electron chi connectivity index (χ0n) is 14.4. The summed E-state index contributed by atoms with van der Waals surface area (Å²) in [5.41, 5.74) is 6.92. The van der Waals surface area contributed by atoms with E-state index >= 15 is 0 Å². The van der Waals surface area contributed by atoms with E-state index in [4.69, 9.17) is 4.42 Å². The Bertz CT molecular complexity index is 798. The number of aryl methyl sites for hydroxylation is 1. The number of aromatic nitrogens is 2. The van der Waals surface area contributed by atoms with Gasteiger partial charge in [0.1, 0.15) is 11.3 Å². The van der Waals surface area contributed by atoms with E-state index < -0.39 is 21.3 Å². The van der Waals surface area contributed by atoms with Gasteiger partial charge in [0.15, 0.2) is 0 Å². The summed E-state index contributed by atoms with van der Waals surface area (Å²) in [6.45, 7) is 5.35. The lowest BCUT2D eigenvalue weighted by molar-refractivity contribution is 0.409. The molecule has 3 rings (SSSR count). The average Bonchev–Trinajstić information content (AvgIpc) is 3.13. The predicted octanol–water partition coefficient (Wildman–Crippen LogP) is 0.835. The fourth-order valence-electron chi connectivity index (χ4n) is 3.16. The Labute approximate surface area is 147 Å². The number of hydrogen-bond donors (Lipinski definition) is 3. The minimum Gasteiger partial charge on any atom is -0.424 e. The number of sulfonamides is 1. The van der Waals surface area contributed by atoms with Crippen molar-refractivity contribution in [1.82, 2.24) is 25.8 Å². The second-order valence-electron chi connectivity index (χ2n) is 6.40. The van der Waals surface area contributed by atoms with Crippen LogP contribution in [0.1, 0.15) is 37.2 Å². The van der Waals surface area contributed by atoms with Crippen LogP contribution < -0.4 is 15.6 Å². The Morgan fingerprint density at radius 2 is 1.80 bits per heavy atom. The van der Waals surface area contributed by atoms with Crippen LogP contribution in [0.4, 0.5) is 0 Å². The van der Waals surface area contributed by atoms with E-state index in [2.05, 4.69) is 25.8 Å². The first-order chi connectivity index (χ1) is 11.9. The maximum atomic E-state index is 13.0. The molecule has 0 saturated carbocycles. The van der Waals surface area contributed by atoms with Gasteiger partial charge in [-0.15, -0.1) is 10.2 Å². The summed E-state index contributed by atoms with van der Waals surface area (Å²) >= 11 is 0. The van der Waals surface area contributed by atoms with Gasteiger partial charge in [0, 0.05) is 19.0 Å². The molecule has 3 unspecified atom stereocenters. The summed E-state index contributed by atoms with van der Waals surface area (Å²) in [5.74, 6) is 0.669. The molecule has 0 bridgehead atoms. The number of rotatable bonds is 6. The number of nitrogens with zero attached hydrogens (tertiary/aromatic N) is 2. The van der Waals surface area contributed by atoms with E-state index in [1.165, 1.54) is 0 Å². The molecule has 2 aromatic rings. The lowest BCUT2D eigenvalue weighted by atomic mass is 10.1. The maximum Gasteiger partial charge on any atom is 0.234 e. The highest BCUT2D eigenvalue weighted by atomic mass is 32.2. The highest BCUT2D eigenvalue weighted by molar-refractivity contribution is 7.90. The molecule has 0 amide bonds. The van der Waals surface area contributed by atoms with E-state index in [0.717, 1.165) is 5.56 Å². The van der Waals surface area contributed by atoms with Crippen LogP contribution in [0.25, 0.3) is 0 Å². The number of hydrazine groups is 1. The lowest BCUT2D eigenvalue weighted by Gasteiger charge is -2.22. The van der Waals surface area contributed by atoms with Crippen molar-refractivity contribution in [1.29, 1.82) is 0 Å². The standard InChI is InChI=1S/C16H23N5O3S/c1-10-15(11(2)18-17-10)25(22,23)21-14(16-20-19-12(3)24-16)9-13-7-5-4-6-8-13/h4-8,10-11,14-15,17-18,21H,9H2,1-3H3. The van der Waals surface area contributed by atoms with Gasteiger partial charge in [0.05, 0.1) is 0 Å². The molecule has 1 fully saturated rings. The fourth-order valence-corrected chi connectivity index (χ4v) is 5.11. The van der Waals surface area contributed by atoms with E-state index in [0.29, 0.717) is 12.3 Å². The van der Waals surface area contributed by atoms with Crippen LogP contribution in [0.2, 0.25) is 0 Å². The Morgan fingerprint density at radius 1 is 1.16 bits per heavy atom. The zero-order chi connectivity index (χ0) is 18.0. The summed E-state index contributed by atoms with van der Waals surface area (Å²) in [6, 6.07) is 8.57. The Hall–Kier alpha value is -1.81. The van der Waals surface area contributed by atoms with Gasteiger partial charge in [-0.05, 0) is 25.8 Å². The van der Waals surface area contributed by atoms with Crippen LogP contribution >= 0.6 is 0 Å². The lowest BCUT2D eigenvalue weighted by Crippen LogP contribution is -2.46. The van der Waals surface area contributed by atoms with Crippen LogP contribution in [0, 0.1) is 6.92 Å². The van der Waals surface area contributed by atoms with Crippen LogP contribution in [-0.4, -0.2) is 35.9 Å². The highest BCUT2D eigenvalue weighted by Crippen LogP contribution is 2.22. The smallest absolute Gasteiger partial charge is 0.234 e. The summed E-state index contributed by atoms with van der Waals surface area (Å²) in [4.78, 5) is 0. The maximum absolute atomic E-state index is 13.0. The molecule has 0 aliphatic carbocycles. The Kier molecular flexibility index (Phi) is 5.19. The molecule has 3 atom stereocenters. The number of nitrogens with one attached hydrogen (secondary N) is 3. The van der Waals surface area contributed by atoms with Gasteiger partial charge in [-0.3, -0.25) is 10.9 Å². The van der Waals surface area contributed by atoms with Gasteiger partial charge in [0.2, 0.25) is 21.8 Å². The predicted molar refractivity (Wildman–Crippen MR) is 93.0 cm³/mol. The van der Waals surface area contributed by atoms with Crippen molar-refractivity contribution < 1.29 is 12.8 Å². The van der Waals surface area contributed by atoms with Crippen molar-refractivity contribution in [2.45, 2.75) is 50.6 Å². The molecule has 8 nitrogen and oxygen atoms in total. The van der Waals surface area contributed by atoms with Crippen molar-refractivity contribution in [2.24, 2.45) is 0 Å². The molecule has 1 aromatic carbocycles.